The van der Waals surface area contributed by atoms with E-state index in [0.717, 1.165) is 6.08 Å². The monoisotopic (exact) mass is 214 g/mol. The molecule has 5 heteroatoms. The highest BCUT2D eigenvalue weighted by Gasteiger charge is 2.30. The maximum Gasteiger partial charge on any atom is 0.379 e. The van der Waals surface area contributed by atoms with Crippen molar-refractivity contribution < 1.29 is 23.8 Å². The second-order valence-electron chi connectivity index (χ2n) is 3.49. The van der Waals surface area contributed by atoms with Crippen molar-refractivity contribution >= 4 is 11.8 Å². The number of carbonyl (C=O) groups is 2. The summed E-state index contributed by atoms with van der Waals surface area (Å²) in [5.41, 5.74) is 0. The Bertz CT molecular complexity index is 303. The van der Waals surface area contributed by atoms with E-state index in [0.29, 0.717) is 5.76 Å². The molecule has 1 aliphatic heterocycles. The number of carbonyl (C=O) groups excluding carboxylic acids is 2. The Morgan fingerprint density at radius 1 is 1.53 bits per heavy atom. The molecule has 0 N–H and O–H groups in total. The second-order valence-corrected chi connectivity index (χ2v) is 3.49. The van der Waals surface area contributed by atoms with E-state index in [1.54, 1.807) is 20.8 Å². The van der Waals surface area contributed by atoms with Gasteiger partial charge in [-0.05, 0) is 6.92 Å². The highest BCUT2D eigenvalue weighted by molar-refractivity contribution is 6.38. The number of hydrogen-bond donors (Lipinski definition) is 0. The zero-order chi connectivity index (χ0) is 11.5. The Morgan fingerprint density at radius 3 is 2.67 bits per heavy atom. The van der Waals surface area contributed by atoms with Crippen LogP contribution in [0.4, 0.5) is 0 Å². The third-order valence-electron chi connectivity index (χ3n) is 1.71. The van der Waals surface area contributed by atoms with Crippen LogP contribution < -0.4 is 0 Å². The first-order valence-corrected chi connectivity index (χ1v) is 4.69. The lowest BCUT2D eigenvalue weighted by Crippen LogP contribution is -2.19. The lowest BCUT2D eigenvalue weighted by atomic mass is 10.3. The molecule has 0 radical (unpaired) electrons. The van der Waals surface area contributed by atoms with Crippen molar-refractivity contribution in [2.75, 3.05) is 13.2 Å². The number of ketones is 1. The summed E-state index contributed by atoms with van der Waals surface area (Å²) >= 11 is 0. The van der Waals surface area contributed by atoms with Gasteiger partial charge in [0.1, 0.15) is 12.4 Å². The summed E-state index contributed by atoms with van der Waals surface area (Å²) < 4.78 is 15.0. The van der Waals surface area contributed by atoms with Crippen molar-refractivity contribution in [3.8, 4) is 0 Å². The largest absolute Gasteiger partial charge is 0.465 e. The summed E-state index contributed by atoms with van der Waals surface area (Å²) in [6.45, 7) is 5.46. The Morgan fingerprint density at radius 2 is 2.20 bits per heavy atom. The molecule has 0 aromatic carbocycles. The van der Waals surface area contributed by atoms with Gasteiger partial charge in [-0.2, -0.15) is 0 Å². The SMILES string of the molecule is CCOC(=O)C(=O)/C=C1/COC(C)(C)O1. The van der Waals surface area contributed by atoms with Crippen LogP contribution in [0.25, 0.3) is 0 Å². The van der Waals surface area contributed by atoms with E-state index in [-0.39, 0.29) is 13.2 Å². The van der Waals surface area contributed by atoms with Gasteiger partial charge in [0, 0.05) is 19.9 Å². The number of hydrogen-bond acceptors (Lipinski definition) is 5. The highest BCUT2D eigenvalue weighted by Crippen LogP contribution is 2.24. The van der Waals surface area contributed by atoms with E-state index in [1.807, 2.05) is 0 Å². The molecule has 0 bridgehead atoms. The summed E-state index contributed by atoms with van der Waals surface area (Å²) in [6.07, 6.45) is 1.10. The summed E-state index contributed by atoms with van der Waals surface area (Å²) in [5.74, 6) is -2.00. The predicted octanol–water partition coefficient (Wildman–Crippen LogP) is 0.785. The lowest BCUT2D eigenvalue weighted by molar-refractivity contribution is -0.151. The van der Waals surface area contributed by atoms with Crippen LogP contribution in [-0.2, 0) is 23.8 Å². The molecule has 15 heavy (non-hydrogen) atoms. The Hall–Kier alpha value is -1.36. The second kappa shape index (κ2) is 4.44. The highest BCUT2D eigenvalue weighted by atomic mass is 16.7. The van der Waals surface area contributed by atoms with E-state index in [2.05, 4.69) is 4.74 Å². The molecule has 0 aromatic heterocycles. The zero-order valence-corrected chi connectivity index (χ0v) is 9.03. The molecule has 0 atom stereocenters. The van der Waals surface area contributed by atoms with E-state index in [1.165, 1.54) is 0 Å². The predicted molar refractivity (Wildman–Crippen MR) is 50.8 cm³/mol. The lowest BCUT2D eigenvalue weighted by Gasteiger charge is -2.15. The maximum atomic E-state index is 11.2. The van der Waals surface area contributed by atoms with Crippen molar-refractivity contribution in [3.05, 3.63) is 11.8 Å². The number of ether oxygens (including phenoxy) is 3. The van der Waals surface area contributed by atoms with E-state index in [9.17, 15) is 9.59 Å². The summed E-state index contributed by atoms with van der Waals surface area (Å²) in [7, 11) is 0. The van der Waals surface area contributed by atoms with Crippen LogP contribution in [0.15, 0.2) is 11.8 Å². The Labute approximate surface area is 88.0 Å². The van der Waals surface area contributed by atoms with Gasteiger partial charge in [0.05, 0.1) is 6.61 Å². The van der Waals surface area contributed by atoms with Gasteiger partial charge in [-0.3, -0.25) is 4.79 Å². The topological polar surface area (TPSA) is 61.8 Å². The van der Waals surface area contributed by atoms with Crippen LogP contribution in [0, 0.1) is 0 Å². The first kappa shape index (κ1) is 11.7. The first-order valence-electron chi connectivity index (χ1n) is 4.69. The van der Waals surface area contributed by atoms with Crippen molar-refractivity contribution in [2.24, 2.45) is 0 Å². The number of rotatable bonds is 3. The van der Waals surface area contributed by atoms with E-state index >= 15 is 0 Å². The van der Waals surface area contributed by atoms with E-state index < -0.39 is 17.5 Å². The maximum absolute atomic E-state index is 11.2. The normalized spacial score (nSPS) is 21.1. The molecule has 0 aliphatic carbocycles. The summed E-state index contributed by atoms with van der Waals surface area (Å²) in [6, 6.07) is 0. The first-order chi connectivity index (χ1) is 6.94. The molecule has 1 saturated heterocycles. The fourth-order valence-electron chi connectivity index (χ4n) is 1.10. The standard InChI is InChI=1S/C10H14O5/c1-4-13-9(12)8(11)5-7-6-14-10(2,3)15-7/h5H,4,6H2,1-3H3/b7-5-. The summed E-state index contributed by atoms with van der Waals surface area (Å²) in [5, 5.41) is 0. The summed E-state index contributed by atoms with van der Waals surface area (Å²) in [4.78, 5) is 22.2. The molecular weight excluding hydrogens is 200 g/mol. The third kappa shape index (κ3) is 3.36. The van der Waals surface area contributed by atoms with Gasteiger partial charge in [-0.25, -0.2) is 4.79 Å². The van der Waals surface area contributed by atoms with Gasteiger partial charge in [-0.15, -0.1) is 0 Å². The van der Waals surface area contributed by atoms with Crippen LogP contribution >= 0.6 is 0 Å². The molecule has 0 amide bonds. The van der Waals surface area contributed by atoms with Gasteiger partial charge in [0.15, 0.2) is 0 Å². The van der Waals surface area contributed by atoms with Crippen molar-refractivity contribution in [1.82, 2.24) is 0 Å². The van der Waals surface area contributed by atoms with Crippen molar-refractivity contribution in [3.63, 3.8) is 0 Å². The molecule has 0 saturated carbocycles. The molecule has 1 fully saturated rings. The molecule has 1 aliphatic rings. The number of esters is 1. The molecular formula is C10H14O5. The minimum absolute atomic E-state index is 0.177. The van der Waals surface area contributed by atoms with Crippen LogP contribution in [0.2, 0.25) is 0 Å². The Kier molecular flexibility index (Phi) is 3.47. The quantitative estimate of drug-likeness (QED) is 0.395. The van der Waals surface area contributed by atoms with Crippen LogP contribution in [-0.4, -0.2) is 30.8 Å². The smallest absolute Gasteiger partial charge is 0.379 e. The van der Waals surface area contributed by atoms with Crippen LogP contribution in [0.5, 0.6) is 0 Å². The molecule has 0 unspecified atom stereocenters. The van der Waals surface area contributed by atoms with Gasteiger partial charge in [0.2, 0.25) is 5.79 Å². The fourth-order valence-corrected chi connectivity index (χ4v) is 1.10. The van der Waals surface area contributed by atoms with Gasteiger partial charge in [0.25, 0.3) is 5.78 Å². The third-order valence-corrected chi connectivity index (χ3v) is 1.71. The van der Waals surface area contributed by atoms with Gasteiger partial charge >= 0.3 is 5.97 Å². The average molecular weight is 214 g/mol. The molecule has 5 nitrogen and oxygen atoms in total. The molecule has 84 valence electrons. The van der Waals surface area contributed by atoms with Crippen molar-refractivity contribution in [2.45, 2.75) is 26.6 Å². The van der Waals surface area contributed by atoms with Crippen LogP contribution in [0.3, 0.4) is 0 Å². The Balaban J connectivity index is 2.58. The van der Waals surface area contributed by atoms with Gasteiger partial charge < -0.3 is 14.2 Å². The minimum atomic E-state index is -0.877. The molecule has 1 rings (SSSR count). The van der Waals surface area contributed by atoms with E-state index in [4.69, 9.17) is 9.47 Å². The molecule has 0 aromatic rings. The van der Waals surface area contributed by atoms with Crippen LogP contribution in [0.1, 0.15) is 20.8 Å². The zero-order valence-electron chi connectivity index (χ0n) is 9.03. The van der Waals surface area contributed by atoms with Crippen molar-refractivity contribution in [1.29, 1.82) is 0 Å². The molecule has 0 spiro atoms. The molecule has 1 heterocycles. The fraction of sp³-hybridized carbons (Fsp3) is 0.600. The minimum Gasteiger partial charge on any atom is -0.465 e. The van der Waals surface area contributed by atoms with Gasteiger partial charge in [-0.1, -0.05) is 0 Å². The average Bonchev–Trinajstić information content (AvgIpc) is 2.46.